The van der Waals surface area contributed by atoms with E-state index < -0.39 is 4.92 Å². The van der Waals surface area contributed by atoms with E-state index in [-0.39, 0.29) is 5.69 Å². The highest BCUT2D eigenvalue weighted by atomic mass is 16.6. The largest absolute Gasteiger partial charge is 0.494 e. The van der Waals surface area contributed by atoms with E-state index in [1.807, 2.05) is 0 Å². The zero-order valence-electron chi connectivity index (χ0n) is 11.5. The predicted octanol–water partition coefficient (Wildman–Crippen LogP) is 1.44. The first-order valence-corrected chi connectivity index (χ1v) is 6.65. The van der Waals surface area contributed by atoms with Crippen molar-refractivity contribution in [2.75, 3.05) is 7.11 Å². The van der Waals surface area contributed by atoms with Crippen LogP contribution in [0.25, 0.3) is 5.69 Å². The fraction of sp³-hybridized carbons (Fsp3) is 0.385. The van der Waals surface area contributed by atoms with E-state index in [9.17, 15) is 10.1 Å². The number of nitro benzene ring substituents is 1. The minimum absolute atomic E-state index is 0.0149. The zero-order valence-corrected chi connectivity index (χ0v) is 11.5. The number of benzene rings is 1. The molecule has 0 saturated heterocycles. The highest BCUT2D eigenvalue weighted by Crippen LogP contribution is 2.27. The Balaban J connectivity index is 1.86. The van der Waals surface area contributed by atoms with Crippen LogP contribution in [0, 0.1) is 10.1 Å². The van der Waals surface area contributed by atoms with Gasteiger partial charge in [-0.15, -0.1) is 5.10 Å². The van der Waals surface area contributed by atoms with Crippen molar-refractivity contribution in [3.05, 3.63) is 40.2 Å². The summed E-state index contributed by atoms with van der Waals surface area (Å²) in [5.74, 6) is 0.507. The molecule has 0 aliphatic heterocycles. The predicted molar refractivity (Wildman–Crippen MR) is 74.4 cm³/mol. The van der Waals surface area contributed by atoms with Gasteiger partial charge in [0, 0.05) is 24.7 Å². The van der Waals surface area contributed by atoms with Gasteiger partial charge >= 0.3 is 0 Å². The van der Waals surface area contributed by atoms with Gasteiger partial charge in [0.05, 0.1) is 23.9 Å². The second kappa shape index (κ2) is 5.49. The van der Waals surface area contributed by atoms with Gasteiger partial charge in [-0.3, -0.25) is 10.1 Å². The van der Waals surface area contributed by atoms with Gasteiger partial charge in [0.25, 0.3) is 5.69 Å². The molecule has 21 heavy (non-hydrogen) atoms. The van der Waals surface area contributed by atoms with Crippen LogP contribution >= 0.6 is 0 Å². The van der Waals surface area contributed by atoms with Crippen molar-refractivity contribution in [1.29, 1.82) is 0 Å². The molecule has 1 aliphatic carbocycles. The van der Waals surface area contributed by atoms with Crippen LogP contribution in [-0.4, -0.2) is 33.1 Å². The fourth-order valence-electron chi connectivity index (χ4n) is 2.00. The smallest absolute Gasteiger partial charge is 0.271 e. The van der Waals surface area contributed by atoms with Crippen LogP contribution in [0.1, 0.15) is 18.5 Å². The Morgan fingerprint density at radius 1 is 1.52 bits per heavy atom. The molecule has 1 aliphatic rings. The Morgan fingerprint density at radius 3 is 3.00 bits per heavy atom. The third kappa shape index (κ3) is 3.00. The number of rotatable bonds is 6. The molecule has 1 heterocycles. The van der Waals surface area contributed by atoms with Crippen molar-refractivity contribution in [1.82, 2.24) is 20.3 Å². The van der Waals surface area contributed by atoms with Gasteiger partial charge in [0.1, 0.15) is 11.4 Å². The molecule has 1 fully saturated rings. The maximum atomic E-state index is 10.9. The quantitative estimate of drug-likeness (QED) is 0.638. The average Bonchev–Trinajstić information content (AvgIpc) is 3.21. The summed E-state index contributed by atoms with van der Waals surface area (Å²) in [6.07, 6.45) is 4.15. The summed E-state index contributed by atoms with van der Waals surface area (Å²) in [6.45, 7) is 0.641. The van der Waals surface area contributed by atoms with Gasteiger partial charge in [-0.25, -0.2) is 4.68 Å². The van der Waals surface area contributed by atoms with E-state index in [0.717, 1.165) is 5.69 Å². The number of hydrogen-bond donors (Lipinski definition) is 1. The van der Waals surface area contributed by atoms with Crippen molar-refractivity contribution in [3.8, 4) is 11.4 Å². The highest BCUT2D eigenvalue weighted by molar-refractivity contribution is 5.53. The highest BCUT2D eigenvalue weighted by Gasteiger charge is 2.21. The molecule has 1 N–H and O–H groups in total. The van der Waals surface area contributed by atoms with E-state index >= 15 is 0 Å². The molecule has 0 bridgehead atoms. The summed E-state index contributed by atoms with van der Waals surface area (Å²) in [6, 6.07) is 4.96. The lowest BCUT2D eigenvalue weighted by atomic mass is 10.2. The van der Waals surface area contributed by atoms with E-state index in [0.29, 0.717) is 24.0 Å². The summed E-state index contributed by atoms with van der Waals surface area (Å²) in [4.78, 5) is 10.4. The molecule has 8 heteroatoms. The lowest BCUT2D eigenvalue weighted by Gasteiger charge is -2.07. The standard InChI is InChI=1S/C13H15N5O3/c1-21-13-5-4-11(18(19)20)6-12(13)17-8-10(15-16-17)7-14-9-2-3-9/h4-6,8-9,14H,2-3,7H2,1H3. The molecule has 0 radical (unpaired) electrons. The first kappa shape index (κ1) is 13.5. The molecule has 0 spiro atoms. The number of nitro groups is 1. The monoisotopic (exact) mass is 289 g/mol. The first-order valence-electron chi connectivity index (χ1n) is 6.65. The number of nitrogens with zero attached hydrogens (tertiary/aromatic N) is 4. The van der Waals surface area contributed by atoms with Crippen LogP contribution in [0.2, 0.25) is 0 Å². The van der Waals surface area contributed by atoms with Gasteiger partial charge in [-0.2, -0.15) is 0 Å². The molecule has 110 valence electrons. The van der Waals surface area contributed by atoms with Gasteiger partial charge in [0.2, 0.25) is 0 Å². The SMILES string of the molecule is COc1ccc([N+](=O)[O-])cc1-n1cc(CNC2CC2)nn1. The number of aromatic nitrogens is 3. The average molecular weight is 289 g/mol. The molecule has 1 saturated carbocycles. The summed E-state index contributed by atoms with van der Waals surface area (Å²) in [7, 11) is 1.51. The minimum Gasteiger partial charge on any atom is -0.494 e. The molecule has 1 aromatic heterocycles. The molecule has 1 aromatic carbocycles. The fourth-order valence-corrected chi connectivity index (χ4v) is 2.00. The molecule has 3 rings (SSSR count). The number of nitrogens with one attached hydrogen (secondary N) is 1. The molecular formula is C13H15N5O3. The minimum atomic E-state index is -0.449. The summed E-state index contributed by atoms with van der Waals surface area (Å²) < 4.78 is 6.72. The number of methoxy groups -OCH3 is 1. The molecule has 2 aromatic rings. The normalized spacial score (nSPS) is 14.1. The maximum Gasteiger partial charge on any atom is 0.271 e. The molecule has 8 nitrogen and oxygen atoms in total. The van der Waals surface area contributed by atoms with Crippen molar-refractivity contribution < 1.29 is 9.66 Å². The molecule has 0 amide bonds. The zero-order chi connectivity index (χ0) is 14.8. The second-order valence-corrected chi connectivity index (χ2v) is 4.92. The van der Waals surface area contributed by atoms with E-state index in [2.05, 4.69) is 15.6 Å². The first-order chi connectivity index (χ1) is 10.2. The summed E-state index contributed by atoms with van der Waals surface area (Å²) >= 11 is 0. The van der Waals surface area contributed by atoms with Crippen molar-refractivity contribution in [2.45, 2.75) is 25.4 Å². The molecular weight excluding hydrogens is 274 g/mol. The third-order valence-corrected chi connectivity index (χ3v) is 3.31. The second-order valence-electron chi connectivity index (χ2n) is 4.92. The van der Waals surface area contributed by atoms with Crippen LogP contribution < -0.4 is 10.1 Å². The Hall–Kier alpha value is -2.48. The molecule has 0 atom stereocenters. The van der Waals surface area contributed by atoms with Gasteiger partial charge in [0.15, 0.2) is 0 Å². The van der Waals surface area contributed by atoms with Crippen molar-refractivity contribution >= 4 is 5.69 Å². The van der Waals surface area contributed by atoms with Crippen molar-refractivity contribution in [2.24, 2.45) is 0 Å². The number of ether oxygens (including phenoxy) is 1. The van der Waals surface area contributed by atoms with Gasteiger partial charge < -0.3 is 10.1 Å². The lowest BCUT2D eigenvalue weighted by Crippen LogP contribution is -2.15. The van der Waals surface area contributed by atoms with Crippen LogP contribution in [0.5, 0.6) is 5.75 Å². The summed E-state index contributed by atoms with van der Waals surface area (Å²) in [5.41, 5.74) is 1.27. The van der Waals surface area contributed by atoms with E-state index in [4.69, 9.17) is 4.74 Å². The van der Waals surface area contributed by atoms with E-state index in [1.165, 1.54) is 36.8 Å². The van der Waals surface area contributed by atoms with Gasteiger partial charge in [-0.05, 0) is 18.9 Å². The third-order valence-electron chi connectivity index (χ3n) is 3.31. The van der Waals surface area contributed by atoms with E-state index in [1.54, 1.807) is 12.3 Å². The van der Waals surface area contributed by atoms with Crippen LogP contribution in [-0.2, 0) is 6.54 Å². The topological polar surface area (TPSA) is 95.1 Å². The lowest BCUT2D eigenvalue weighted by molar-refractivity contribution is -0.384. The Labute approximate surface area is 120 Å². The van der Waals surface area contributed by atoms with Crippen molar-refractivity contribution in [3.63, 3.8) is 0 Å². The maximum absolute atomic E-state index is 10.9. The van der Waals surface area contributed by atoms with Crippen LogP contribution in [0.3, 0.4) is 0 Å². The molecule has 0 unspecified atom stereocenters. The Kier molecular flexibility index (Phi) is 3.53. The van der Waals surface area contributed by atoms with Crippen LogP contribution in [0.4, 0.5) is 5.69 Å². The number of hydrogen-bond acceptors (Lipinski definition) is 6. The Bertz CT molecular complexity index is 666. The van der Waals surface area contributed by atoms with Crippen LogP contribution in [0.15, 0.2) is 24.4 Å². The number of non-ortho nitro benzene ring substituents is 1. The van der Waals surface area contributed by atoms with Gasteiger partial charge in [-0.1, -0.05) is 5.21 Å². The summed E-state index contributed by atoms with van der Waals surface area (Å²) in [5, 5.41) is 22.3. The Morgan fingerprint density at radius 2 is 2.33 bits per heavy atom.